The molecule has 1 rings (SSSR count). The first kappa shape index (κ1) is 12.9. The summed E-state index contributed by atoms with van der Waals surface area (Å²) < 4.78 is 13.5. The lowest BCUT2D eigenvalue weighted by molar-refractivity contribution is -0.153. The molecule has 1 aliphatic heterocycles. The molecular formula is C9H16O5. The molecule has 1 fully saturated rings. The van der Waals surface area contributed by atoms with E-state index in [-0.39, 0.29) is 19.6 Å². The van der Waals surface area contributed by atoms with Crippen LogP contribution in [0.15, 0.2) is 0 Å². The van der Waals surface area contributed by atoms with E-state index in [1.807, 2.05) is 0 Å². The van der Waals surface area contributed by atoms with Gasteiger partial charge in [-0.15, -0.1) is 0 Å². The van der Waals surface area contributed by atoms with Crippen LogP contribution in [0.25, 0.3) is 0 Å². The Labute approximate surface area is 83.3 Å². The Morgan fingerprint density at radius 2 is 1.43 bits per heavy atom. The van der Waals surface area contributed by atoms with Crippen molar-refractivity contribution in [1.29, 1.82) is 0 Å². The number of epoxide rings is 1. The summed E-state index contributed by atoms with van der Waals surface area (Å²) in [6, 6.07) is 0. The smallest absolute Gasteiger partial charge is 0.317 e. The van der Waals surface area contributed by atoms with Gasteiger partial charge in [0.2, 0.25) is 0 Å². The Morgan fingerprint density at radius 3 is 1.64 bits per heavy atom. The van der Waals surface area contributed by atoms with Crippen molar-refractivity contribution in [2.75, 3.05) is 26.4 Å². The highest BCUT2D eigenvalue weighted by Crippen LogP contribution is 1.89. The Balaban J connectivity index is 0.000000469. The molecule has 0 unspecified atom stereocenters. The van der Waals surface area contributed by atoms with Crippen LogP contribution < -0.4 is 0 Å². The fourth-order valence-corrected chi connectivity index (χ4v) is 0.542. The van der Waals surface area contributed by atoms with Crippen molar-refractivity contribution in [1.82, 2.24) is 0 Å². The summed E-state index contributed by atoms with van der Waals surface area (Å²) in [6.07, 6.45) is -0.290. The van der Waals surface area contributed by atoms with E-state index in [1.165, 1.54) is 0 Å². The summed E-state index contributed by atoms with van der Waals surface area (Å²) in [5, 5.41) is 0. The Bertz CT molecular complexity index is 157. The number of carbonyl (C=O) groups excluding carboxylic acids is 2. The average Bonchev–Trinajstić information content (AvgIpc) is 2.89. The molecule has 14 heavy (non-hydrogen) atoms. The highest BCUT2D eigenvalue weighted by atomic mass is 16.6. The Hall–Kier alpha value is -1.10. The molecule has 0 radical (unpaired) electrons. The second-order valence-electron chi connectivity index (χ2n) is 2.40. The van der Waals surface area contributed by atoms with Crippen LogP contribution in [-0.4, -0.2) is 38.4 Å². The molecule has 0 aliphatic carbocycles. The third-order valence-corrected chi connectivity index (χ3v) is 1.10. The van der Waals surface area contributed by atoms with Crippen LogP contribution in [-0.2, 0) is 23.8 Å². The molecule has 0 aromatic carbocycles. The van der Waals surface area contributed by atoms with Crippen LogP contribution in [0, 0.1) is 0 Å². The van der Waals surface area contributed by atoms with E-state index in [2.05, 4.69) is 14.2 Å². The molecule has 1 aliphatic rings. The van der Waals surface area contributed by atoms with Gasteiger partial charge in [0.1, 0.15) is 6.42 Å². The quantitative estimate of drug-likeness (QED) is 0.379. The van der Waals surface area contributed by atoms with Gasteiger partial charge in [-0.05, 0) is 13.8 Å². The lowest BCUT2D eigenvalue weighted by atomic mass is 10.4. The summed E-state index contributed by atoms with van der Waals surface area (Å²) in [5.74, 6) is -1.07. The van der Waals surface area contributed by atoms with Crippen LogP contribution in [0.1, 0.15) is 20.3 Å². The zero-order valence-corrected chi connectivity index (χ0v) is 8.58. The number of esters is 2. The second kappa shape index (κ2) is 8.50. The van der Waals surface area contributed by atoms with Crippen LogP contribution in [0.5, 0.6) is 0 Å². The van der Waals surface area contributed by atoms with Crippen molar-refractivity contribution < 1.29 is 23.8 Å². The van der Waals surface area contributed by atoms with Gasteiger partial charge in [-0.3, -0.25) is 9.59 Å². The highest BCUT2D eigenvalue weighted by Gasteiger charge is 2.09. The van der Waals surface area contributed by atoms with Crippen LogP contribution in [0.3, 0.4) is 0 Å². The molecule has 1 saturated heterocycles. The first-order chi connectivity index (χ1) is 6.70. The monoisotopic (exact) mass is 204 g/mol. The predicted molar refractivity (Wildman–Crippen MR) is 48.7 cm³/mol. The van der Waals surface area contributed by atoms with Crippen LogP contribution in [0.4, 0.5) is 0 Å². The first-order valence-electron chi connectivity index (χ1n) is 4.59. The third kappa shape index (κ3) is 10.9. The number of ether oxygens (including phenoxy) is 3. The van der Waals surface area contributed by atoms with Gasteiger partial charge in [-0.25, -0.2) is 0 Å². The van der Waals surface area contributed by atoms with Gasteiger partial charge < -0.3 is 14.2 Å². The van der Waals surface area contributed by atoms with Gasteiger partial charge in [0.15, 0.2) is 0 Å². The molecule has 0 N–H and O–H groups in total. The first-order valence-corrected chi connectivity index (χ1v) is 4.59. The highest BCUT2D eigenvalue weighted by molar-refractivity contribution is 5.91. The molecule has 1 heterocycles. The molecular weight excluding hydrogens is 188 g/mol. The molecule has 0 aromatic heterocycles. The maximum atomic E-state index is 10.6. The lowest BCUT2D eigenvalue weighted by Gasteiger charge is -2.00. The summed E-state index contributed by atoms with van der Waals surface area (Å²) in [5.41, 5.74) is 0. The van der Waals surface area contributed by atoms with Gasteiger partial charge in [0, 0.05) is 0 Å². The minimum Gasteiger partial charge on any atom is -0.466 e. The summed E-state index contributed by atoms with van der Waals surface area (Å²) in [6.45, 7) is 5.95. The van der Waals surface area contributed by atoms with E-state index < -0.39 is 11.9 Å². The maximum absolute atomic E-state index is 10.6. The number of hydrogen-bond donors (Lipinski definition) is 0. The molecule has 0 bridgehead atoms. The minimum atomic E-state index is -0.536. The van der Waals surface area contributed by atoms with E-state index in [1.54, 1.807) is 13.8 Å². The van der Waals surface area contributed by atoms with E-state index in [0.717, 1.165) is 13.2 Å². The van der Waals surface area contributed by atoms with Gasteiger partial charge in [0.05, 0.1) is 26.4 Å². The average molecular weight is 204 g/mol. The Kier molecular flexibility index (Phi) is 7.83. The third-order valence-electron chi connectivity index (χ3n) is 1.10. The predicted octanol–water partition coefficient (Wildman–Crippen LogP) is 0.519. The topological polar surface area (TPSA) is 65.1 Å². The summed E-state index contributed by atoms with van der Waals surface area (Å²) >= 11 is 0. The van der Waals surface area contributed by atoms with E-state index >= 15 is 0 Å². The van der Waals surface area contributed by atoms with E-state index in [9.17, 15) is 9.59 Å². The number of rotatable bonds is 4. The largest absolute Gasteiger partial charge is 0.466 e. The van der Waals surface area contributed by atoms with Crippen molar-refractivity contribution in [2.24, 2.45) is 0 Å². The van der Waals surface area contributed by atoms with Crippen molar-refractivity contribution in [2.45, 2.75) is 20.3 Å². The van der Waals surface area contributed by atoms with Crippen LogP contribution >= 0.6 is 0 Å². The van der Waals surface area contributed by atoms with Crippen LogP contribution in [0.2, 0.25) is 0 Å². The Morgan fingerprint density at radius 1 is 1.07 bits per heavy atom. The SMILES string of the molecule is C1CO1.CCOC(=O)CC(=O)OCC. The van der Waals surface area contributed by atoms with Gasteiger partial charge in [0.25, 0.3) is 0 Å². The lowest BCUT2D eigenvalue weighted by Crippen LogP contribution is -2.13. The van der Waals surface area contributed by atoms with E-state index in [4.69, 9.17) is 0 Å². The fraction of sp³-hybridized carbons (Fsp3) is 0.778. The molecule has 0 aromatic rings. The molecule has 0 atom stereocenters. The van der Waals surface area contributed by atoms with Crippen molar-refractivity contribution in [3.05, 3.63) is 0 Å². The summed E-state index contributed by atoms with van der Waals surface area (Å²) in [7, 11) is 0. The standard InChI is InChI=1S/C7H12O4.C2H4O/c1-3-10-6(8)5-7(9)11-4-2;1-2-3-1/h3-5H2,1-2H3;1-2H2. The molecule has 82 valence electrons. The number of hydrogen-bond acceptors (Lipinski definition) is 5. The molecule has 0 amide bonds. The van der Waals surface area contributed by atoms with Gasteiger partial charge in [-0.1, -0.05) is 0 Å². The zero-order valence-electron chi connectivity index (χ0n) is 8.58. The van der Waals surface area contributed by atoms with E-state index in [0.29, 0.717) is 0 Å². The normalized spacial score (nSPS) is 12.1. The molecule has 0 spiro atoms. The summed E-state index contributed by atoms with van der Waals surface area (Å²) in [4.78, 5) is 21.2. The van der Waals surface area contributed by atoms with Gasteiger partial charge in [-0.2, -0.15) is 0 Å². The second-order valence-corrected chi connectivity index (χ2v) is 2.40. The molecule has 5 heteroatoms. The van der Waals surface area contributed by atoms with Crippen molar-refractivity contribution in [3.8, 4) is 0 Å². The van der Waals surface area contributed by atoms with Crippen molar-refractivity contribution in [3.63, 3.8) is 0 Å². The molecule has 0 saturated carbocycles. The maximum Gasteiger partial charge on any atom is 0.317 e. The minimum absolute atomic E-state index is 0.290. The van der Waals surface area contributed by atoms with Crippen molar-refractivity contribution >= 4 is 11.9 Å². The zero-order chi connectivity index (χ0) is 10.8. The number of carbonyl (C=O) groups is 2. The molecule has 5 nitrogen and oxygen atoms in total. The fourth-order valence-electron chi connectivity index (χ4n) is 0.542. The van der Waals surface area contributed by atoms with Gasteiger partial charge >= 0.3 is 11.9 Å².